The van der Waals surface area contributed by atoms with Gasteiger partial charge >= 0.3 is 0 Å². The summed E-state index contributed by atoms with van der Waals surface area (Å²) < 4.78 is 12.9. The standard InChI is InChI=1S/C15H17FN2.ClH/c16-14-5-1-11(2-6-14)7-15(10-17)12-3-4-13(15)9-18-8-12;/h1-2,5-6,12-13,18H,3-4,7-9H2;1H/t12-,13+,15?;. The van der Waals surface area contributed by atoms with E-state index < -0.39 is 0 Å². The van der Waals surface area contributed by atoms with E-state index in [1.54, 1.807) is 0 Å². The van der Waals surface area contributed by atoms with Crippen molar-refractivity contribution in [3.05, 3.63) is 35.6 Å². The van der Waals surface area contributed by atoms with Gasteiger partial charge in [0.25, 0.3) is 0 Å². The van der Waals surface area contributed by atoms with E-state index in [0.29, 0.717) is 11.8 Å². The minimum atomic E-state index is -0.233. The Morgan fingerprint density at radius 2 is 1.79 bits per heavy atom. The van der Waals surface area contributed by atoms with E-state index in [1.165, 1.54) is 12.1 Å². The number of benzene rings is 1. The summed E-state index contributed by atoms with van der Waals surface area (Å²) in [6.07, 6.45) is 3.06. The van der Waals surface area contributed by atoms with Crippen LogP contribution in [0.15, 0.2) is 24.3 Å². The Kier molecular flexibility index (Phi) is 4.13. The Labute approximate surface area is 119 Å². The molecule has 2 bridgehead atoms. The first-order valence-corrected chi connectivity index (χ1v) is 6.61. The Bertz CT molecular complexity index is 464. The highest BCUT2D eigenvalue weighted by molar-refractivity contribution is 5.85. The summed E-state index contributed by atoms with van der Waals surface area (Å²) in [6, 6.07) is 9.22. The molecule has 1 aliphatic carbocycles. The highest BCUT2D eigenvalue weighted by Crippen LogP contribution is 2.51. The maximum Gasteiger partial charge on any atom is 0.123 e. The van der Waals surface area contributed by atoms with E-state index in [1.807, 2.05) is 12.1 Å². The van der Waals surface area contributed by atoms with Crippen LogP contribution < -0.4 is 5.32 Å². The third kappa shape index (κ3) is 2.35. The van der Waals surface area contributed by atoms with Crippen LogP contribution in [0.1, 0.15) is 18.4 Å². The van der Waals surface area contributed by atoms with Crippen LogP contribution in [0.2, 0.25) is 0 Å². The number of hydrogen-bond donors (Lipinski definition) is 1. The molecule has 102 valence electrons. The molecule has 1 aromatic carbocycles. The molecule has 3 atom stereocenters. The van der Waals surface area contributed by atoms with Gasteiger partial charge < -0.3 is 5.32 Å². The summed E-state index contributed by atoms with van der Waals surface area (Å²) in [5.74, 6) is 0.690. The summed E-state index contributed by atoms with van der Waals surface area (Å²) in [4.78, 5) is 0. The van der Waals surface area contributed by atoms with Crippen molar-refractivity contribution in [3.63, 3.8) is 0 Å². The third-order valence-corrected chi connectivity index (χ3v) is 4.72. The zero-order chi connectivity index (χ0) is 12.6. The van der Waals surface area contributed by atoms with Gasteiger partial charge in [0, 0.05) is 0 Å². The van der Waals surface area contributed by atoms with E-state index >= 15 is 0 Å². The average molecular weight is 281 g/mol. The molecule has 0 spiro atoms. The SMILES string of the molecule is Cl.N#CC1(Cc2ccc(F)cc2)[C@@H]2CC[C@H]1CNC2. The molecule has 0 amide bonds. The van der Waals surface area contributed by atoms with E-state index in [4.69, 9.17) is 0 Å². The Hall–Kier alpha value is -1.11. The molecule has 1 N–H and O–H groups in total. The molecule has 1 heterocycles. The highest BCUT2D eigenvalue weighted by Gasteiger charge is 2.52. The van der Waals surface area contributed by atoms with Gasteiger partial charge in [-0.15, -0.1) is 12.4 Å². The second-order valence-electron chi connectivity index (χ2n) is 5.58. The van der Waals surface area contributed by atoms with E-state index in [9.17, 15) is 9.65 Å². The Morgan fingerprint density at radius 3 is 2.32 bits per heavy atom. The van der Waals surface area contributed by atoms with Crippen LogP contribution in [0.5, 0.6) is 0 Å². The Morgan fingerprint density at radius 1 is 1.21 bits per heavy atom. The number of fused-ring (bicyclic) bond motifs is 2. The van der Waals surface area contributed by atoms with Gasteiger partial charge in [0.2, 0.25) is 0 Å². The van der Waals surface area contributed by atoms with Crippen molar-refractivity contribution < 1.29 is 4.39 Å². The molecule has 19 heavy (non-hydrogen) atoms. The van der Waals surface area contributed by atoms with Crippen LogP contribution >= 0.6 is 12.4 Å². The van der Waals surface area contributed by atoms with Crippen molar-refractivity contribution in [2.45, 2.75) is 19.3 Å². The highest BCUT2D eigenvalue weighted by atomic mass is 35.5. The number of rotatable bonds is 2. The second-order valence-corrected chi connectivity index (χ2v) is 5.58. The Balaban J connectivity index is 0.00000133. The van der Waals surface area contributed by atoms with Gasteiger partial charge in [0.1, 0.15) is 5.82 Å². The lowest BCUT2D eigenvalue weighted by molar-refractivity contribution is 0.162. The van der Waals surface area contributed by atoms with Crippen molar-refractivity contribution in [1.82, 2.24) is 5.32 Å². The van der Waals surface area contributed by atoms with Crippen molar-refractivity contribution in [2.75, 3.05) is 13.1 Å². The number of nitrogens with one attached hydrogen (secondary N) is 1. The molecule has 2 nitrogen and oxygen atoms in total. The molecule has 3 rings (SSSR count). The monoisotopic (exact) mass is 280 g/mol. The van der Waals surface area contributed by atoms with Gasteiger partial charge in [0.05, 0.1) is 11.5 Å². The van der Waals surface area contributed by atoms with Crippen LogP contribution in [0.25, 0.3) is 0 Å². The lowest BCUT2D eigenvalue weighted by atomic mass is 9.67. The summed E-state index contributed by atoms with van der Waals surface area (Å²) in [5, 5.41) is 13.1. The minimum absolute atomic E-state index is 0. The van der Waals surface area contributed by atoms with Gasteiger partial charge in [-0.2, -0.15) is 5.26 Å². The molecule has 1 unspecified atom stereocenters. The summed E-state index contributed by atoms with van der Waals surface area (Å²) in [5.41, 5.74) is 0.847. The number of piperidine rings is 1. The summed E-state index contributed by atoms with van der Waals surface area (Å²) in [7, 11) is 0. The zero-order valence-corrected chi connectivity index (χ0v) is 11.5. The molecular formula is C15H18ClFN2. The maximum atomic E-state index is 12.9. The van der Waals surface area contributed by atoms with Crippen LogP contribution in [0.4, 0.5) is 4.39 Å². The van der Waals surface area contributed by atoms with E-state index in [2.05, 4.69) is 11.4 Å². The topological polar surface area (TPSA) is 35.8 Å². The fourth-order valence-electron chi connectivity index (χ4n) is 3.70. The van der Waals surface area contributed by atoms with Crippen molar-refractivity contribution in [3.8, 4) is 6.07 Å². The van der Waals surface area contributed by atoms with Crippen molar-refractivity contribution in [1.29, 1.82) is 5.26 Å². The molecule has 2 fully saturated rings. The maximum absolute atomic E-state index is 12.9. The van der Waals surface area contributed by atoms with Gasteiger partial charge in [-0.1, -0.05) is 12.1 Å². The predicted molar refractivity (Wildman–Crippen MR) is 74.5 cm³/mol. The normalized spacial score (nSPS) is 32.4. The van der Waals surface area contributed by atoms with E-state index in [0.717, 1.165) is 37.9 Å². The van der Waals surface area contributed by atoms with Gasteiger partial charge in [-0.05, 0) is 61.9 Å². The molecule has 1 aromatic rings. The summed E-state index contributed by atoms with van der Waals surface area (Å²) in [6.45, 7) is 1.90. The molecule has 1 saturated heterocycles. The van der Waals surface area contributed by atoms with Crippen LogP contribution in [0.3, 0.4) is 0 Å². The molecule has 1 saturated carbocycles. The molecular weight excluding hydrogens is 263 g/mol. The predicted octanol–water partition coefficient (Wildman–Crippen LogP) is 2.93. The fourth-order valence-corrected chi connectivity index (χ4v) is 3.70. The molecule has 0 aromatic heterocycles. The smallest absolute Gasteiger partial charge is 0.123 e. The first-order valence-electron chi connectivity index (χ1n) is 6.61. The first-order chi connectivity index (χ1) is 8.74. The third-order valence-electron chi connectivity index (χ3n) is 4.72. The molecule has 0 radical (unpaired) electrons. The lowest BCUT2D eigenvalue weighted by Crippen LogP contribution is -2.47. The minimum Gasteiger partial charge on any atom is -0.316 e. The largest absolute Gasteiger partial charge is 0.316 e. The molecule has 2 aliphatic rings. The van der Waals surface area contributed by atoms with Crippen LogP contribution in [-0.2, 0) is 6.42 Å². The number of nitrogens with zero attached hydrogens (tertiary/aromatic N) is 1. The second kappa shape index (κ2) is 5.48. The first kappa shape index (κ1) is 14.3. The van der Waals surface area contributed by atoms with Crippen molar-refractivity contribution >= 4 is 12.4 Å². The van der Waals surface area contributed by atoms with Gasteiger partial charge in [-0.25, -0.2) is 4.39 Å². The molecule has 1 aliphatic heterocycles. The van der Waals surface area contributed by atoms with E-state index in [-0.39, 0.29) is 23.6 Å². The number of hydrogen-bond acceptors (Lipinski definition) is 2. The average Bonchev–Trinajstić information content (AvgIpc) is 2.58. The van der Waals surface area contributed by atoms with Crippen LogP contribution in [-0.4, -0.2) is 13.1 Å². The lowest BCUT2D eigenvalue weighted by Gasteiger charge is -2.38. The van der Waals surface area contributed by atoms with Crippen LogP contribution in [0, 0.1) is 34.4 Å². The summed E-state index contributed by atoms with van der Waals surface area (Å²) >= 11 is 0. The van der Waals surface area contributed by atoms with Crippen molar-refractivity contribution in [2.24, 2.45) is 17.3 Å². The quantitative estimate of drug-likeness (QED) is 0.904. The van der Waals surface area contributed by atoms with Gasteiger partial charge in [-0.3, -0.25) is 0 Å². The van der Waals surface area contributed by atoms with Gasteiger partial charge in [0.15, 0.2) is 0 Å². The zero-order valence-electron chi connectivity index (χ0n) is 10.7. The number of nitriles is 1. The fraction of sp³-hybridized carbons (Fsp3) is 0.533. The molecule has 4 heteroatoms. The number of halogens is 2.